The number of ketones is 1. The van der Waals surface area contributed by atoms with Crippen molar-refractivity contribution in [2.24, 2.45) is 13.0 Å². The van der Waals surface area contributed by atoms with Crippen LogP contribution in [0.1, 0.15) is 86.7 Å². The highest BCUT2D eigenvalue weighted by molar-refractivity contribution is 7.98. The Labute approximate surface area is 255 Å². The molecule has 232 valence electrons. The van der Waals surface area contributed by atoms with Gasteiger partial charge in [-0.3, -0.25) is 9.59 Å². The van der Waals surface area contributed by atoms with E-state index in [1.165, 1.54) is 0 Å². The molecule has 1 amide bonds. The van der Waals surface area contributed by atoms with Crippen molar-refractivity contribution in [2.45, 2.75) is 82.2 Å². The van der Waals surface area contributed by atoms with Crippen LogP contribution >= 0.6 is 0 Å². The van der Waals surface area contributed by atoms with Crippen LogP contribution in [0.2, 0.25) is 0 Å². The van der Waals surface area contributed by atoms with Crippen LogP contribution in [0.25, 0.3) is 21.9 Å². The third-order valence-electron chi connectivity index (χ3n) is 8.57. The Kier molecular flexibility index (Phi) is 8.68. The molecule has 5 rings (SSSR count). The van der Waals surface area contributed by atoms with Crippen LogP contribution in [0, 0.1) is 5.92 Å². The molecular formula is C33H43N3O5S2. The van der Waals surface area contributed by atoms with Gasteiger partial charge in [-0.15, -0.1) is 0 Å². The first-order valence-corrected chi connectivity index (χ1v) is 18.7. The summed E-state index contributed by atoms with van der Waals surface area (Å²) < 4.78 is 42.6. The number of nitrogens with one attached hydrogen (secondary N) is 2. The minimum atomic E-state index is -3.06. The minimum absolute atomic E-state index is 0.0310. The molecule has 1 unspecified atom stereocenters. The van der Waals surface area contributed by atoms with Crippen LogP contribution in [0.5, 0.6) is 0 Å². The van der Waals surface area contributed by atoms with Crippen molar-refractivity contribution < 1.29 is 22.2 Å². The maximum Gasteiger partial charge on any atom is 0.268 e. The van der Waals surface area contributed by atoms with E-state index >= 15 is 0 Å². The molecule has 3 aromatic rings. The molecule has 8 nitrogen and oxygen atoms in total. The van der Waals surface area contributed by atoms with E-state index in [-0.39, 0.29) is 35.2 Å². The number of hydrogen-bond donors (Lipinski definition) is 2. The van der Waals surface area contributed by atoms with Gasteiger partial charge in [0.1, 0.15) is 15.5 Å². The van der Waals surface area contributed by atoms with E-state index in [1.807, 2.05) is 57.2 Å². The topological polar surface area (TPSA) is 114 Å². The van der Waals surface area contributed by atoms with Gasteiger partial charge in [0.2, 0.25) is 0 Å². The quantitative estimate of drug-likeness (QED) is 0.274. The molecular weight excluding hydrogens is 583 g/mol. The molecule has 43 heavy (non-hydrogen) atoms. The Morgan fingerprint density at radius 1 is 0.930 bits per heavy atom. The summed E-state index contributed by atoms with van der Waals surface area (Å²) in [6, 6.07) is 12.9. The molecule has 0 bridgehead atoms. The third-order valence-corrected chi connectivity index (χ3v) is 12.3. The fourth-order valence-corrected chi connectivity index (χ4v) is 9.93. The summed E-state index contributed by atoms with van der Waals surface area (Å²) in [5.41, 5.74) is 1.86. The summed E-state index contributed by atoms with van der Waals surface area (Å²) >= 11 is 0. The maximum absolute atomic E-state index is 14.1. The second-order valence-corrected chi connectivity index (χ2v) is 17.4. The van der Waals surface area contributed by atoms with Crippen LogP contribution < -0.4 is 10.0 Å². The average molecular weight is 626 g/mol. The monoisotopic (exact) mass is 625 g/mol. The molecule has 1 aromatic heterocycles. The summed E-state index contributed by atoms with van der Waals surface area (Å²) in [6.07, 6.45) is 5.52. The lowest BCUT2D eigenvalue weighted by atomic mass is 9.84. The highest BCUT2D eigenvalue weighted by Gasteiger charge is 2.32. The Hall–Kier alpha value is -2.95. The lowest BCUT2D eigenvalue weighted by Crippen LogP contribution is -2.41. The number of fused-ring (bicyclic) bond motifs is 1. The zero-order valence-electron chi connectivity index (χ0n) is 25.6. The van der Waals surface area contributed by atoms with Gasteiger partial charge in [0.05, 0.1) is 31.8 Å². The van der Waals surface area contributed by atoms with Crippen molar-refractivity contribution in [1.82, 2.24) is 14.6 Å². The first-order valence-electron chi connectivity index (χ1n) is 15.1. The number of sulfone groups is 1. The molecule has 1 aliphatic heterocycles. The first-order chi connectivity index (χ1) is 20.2. The molecule has 1 saturated heterocycles. The highest BCUT2D eigenvalue weighted by Crippen LogP contribution is 2.38. The van der Waals surface area contributed by atoms with E-state index in [4.69, 9.17) is 0 Å². The second kappa shape index (κ2) is 11.9. The number of aromatic nitrogens is 1. The predicted octanol–water partition coefficient (Wildman–Crippen LogP) is 5.29. The minimum Gasteiger partial charge on any atom is -0.348 e. The van der Waals surface area contributed by atoms with Crippen LogP contribution in [-0.4, -0.2) is 57.8 Å². The molecule has 1 saturated carbocycles. The van der Waals surface area contributed by atoms with Gasteiger partial charge < -0.3 is 9.88 Å². The number of benzene rings is 2. The lowest BCUT2D eigenvalue weighted by Gasteiger charge is -2.25. The summed E-state index contributed by atoms with van der Waals surface area (Å²) in [5, 5.41) is 4.61. The molecule has 2 heterocycles. The van der Waals surface area contributed by atoms with Gasteiger partial charge in [-0.05, 0) is 80.8 Å². The van der Waals surface area contributed by atoms with Crippen LogP contribution in [0.4, 0.5) is 0 Å². The number of nitrogens with zero attached hydrogens (tertiary/aromatic N) is 1. The number of hydrogen-bond acceptors (Lipinski definition) is 5. The summed E-state index contributed by atoms with van der Waals surface area (Å²) in [7, 11) is -4.16. The van der Waals surface area contributed by atoms with E-state index < -0.39 is 25.1 Å². The van der Waals surface area contributed by atoms with Crippen LogP contribution in [-0.2, 0) is 26.6 Å². The number of carbonyl (C=O) groups is 2. The third kappa shape index (κ3) is 6.76. The lowest BCUT2D eigenvalue weighted by molar-refractivity contribution is 0.0881. The summed E-state index contributed by atoms with van der Waals surface area (Å²) in [6.45, 7) is 5.83. The second-order valence-electron chi connectivity index (χ2n) is 13.1. The van der Waals surface area contributed by atoms with E-state index in [0.29, 0.717) is 34.7 Å². The Morgan fingerprint density at radius 3 is 2.19 bits per heavy atom. The van der Waals surface area contributed by atoms with Gasteiger partial charge in [-0.25, -0.2) is 17.3 Å². The van der Waals surface area contributed by atoms with Crippen LogP contribution in [0.15, 0.2) is 47.4 Å². The Morgan fingerprint density at radius 2 is 1.56 bits per heavy atom. The number of rotatable bonds is 7. The zero-order chi connectivity index (χ0) is 31.2. The molecule has 1 aliphatic carbocycles. The number of carbonyl (C=O) groups excluding carboxylic acids is 2. The van der Waals surface area contributed by atoms with E-state index in [2.05, 4.69) is 15.9 Å². The smallest absolute Gasteiger partial charge is 0.268 e. The Bertz CT molecular complexity index is 1760. The van der Waals surface area contributed by atoms with Crippen molar-refractivity contribution in [1.29, 1.82) is 0 Å². The van der Waals surface area contributed by atoms with Gasteiger partial charge in [0, 0.05) is 30.1 Å². The number of amides is 1. The molecule has 2 fully saturated rings. The molecule has 10 heteroatoms. The largest absolute Gasteiger partial charge is 0.348 e. The van der Waals surface area contributed by atoms with Crippen molar-refractivity contribution in [3.8, 4) is 11.1 Å². The van der Waals surface area contributed by atoms with Gasteiger partial charge >= 0.3 is 0 Å². The zero-order valence-corrected chi connectivity index (χ0v) is 27.2. The van der Waals surface area contributed by atoms with Crippen molar-refractivity contribution >= 4 is 47.9 Å². The predicted molar refractivity (Wildman–Crippen MR) is 175 cm³/mol. The highest BCUT2D eigenvalue weighted by atomic mass is 32.2. The van der Waals surface area contributed by atoms with E-state index in [0.717, 1.165) is 48.4 Å². The molecule has 2 aliphatic rings. The normalized spacial score (nSPS) is 19.6. The van der Waals surface area contributed by atoms with Crippen molar-refractivity contribution in [3.05, 3.63) is 53.9 Å². The van der Waals surface area contributed by atoms with Crippen molar-refractivity contribution in [3.63, 3.8) is 0 Å². The molecule has 1 atom stereocenters. The Balaban J connectivity index is 1.62. The molecule has 0 radical (unpaired) electrons. The number of Topliss-reactive ketones (excluding diaryl/α,β-unsaturated/α-hetero) is 1. The van der Waals surface area contributed by atoms with Gasteiger partial charge in [0.25, 0.3) is 5.91 Å². The fraction of sp³-hybridized carbons (Fsp3) is 0.485. The molecule has 0 spiro atoms. The SMILES string of the molecule is C=S(=O)(NC(C)(C)C)c1ccc(-c2cc(C(=O)NC3CCS(=O)(=O)CC3)n(C)c2C(=O)C2CCCCC2)c2ccccc12. The average Bonchev–Trinajstić information content (AvgIpc) is 3.29. The maximum atomic E-state index is 14.1. The first kappa shape index (κ1) is 31.5. The van der Waals surface area contributed by atoms with E-state index in [1.54, 1.807) is 17.7 Å². The molecule has 2 aromatic carbocycles. The molecule has 2 N–H and O–H groups in total. The van der Waals surface area contributed by atoms with Crippen LogP contribution in [0.3, 0.4) is 0 Å². The van der Waals surface area contributed by atoms with Gasteiger partial charge in [-0.2, -0.15) is 0 Å². The fourth-order valence-electron chi connectivity index (χ4n) is 6.52. The van der Waals surface area contributed by atoms with E-state index in [9.17, 15) is 22.2 Å². The van der Waals surface area contributed by atoms with Gasteiger partial charge in [0.15, 0.2) is 5.78 Å². The standard InChI is InChI=1S/C33H43N3O5S2/c1-33(2,3)35-42(5,39)29-16-15-25(24-13-9-10-14-26(24)29)27-21-28(32(38)34-23-17-19-43(40,41)20-18-23)36(4)30(27)31(37)22-11-7-6-8-12-22/h9-10,13-16,21-23H,5-8,11-12,17-20H2,1-4H3,(H,34,38)(H,35,39). The summed E-state index contributed by atoms with van der Waals surface area (Å²) in [5.74, 6) is 3.76. The van der Waals surface area contributed by atoms with Crippen molar-refractivity contribution in [2.75, 3.05) is 11.5 Å². The summed E-state index contributed by atoms with van der Waals surface area (Å²) in [4.78, 5) is 28.4. The van der Waals surface area contributed by atoms with Gasteiger partial charge in [-0.1, -0.05) is 49.6 Å².